The van der Waals surface area contributed by atoms with Crippen molar-refractivity contribution >= 4 is 17.1 Å². The summed E-state index contributed by atoms with van der Waals surface area (Å²) in [4.78, 5) is 24.7. The van der Waals surface area contributed by atoms with Crippen molar-refractivity contribution in [2.75, 3.05) is 18.9 Å². The van der Waals surface area contributed by atoms with E-state index in [1.54, 1.807) is 0 Å². The summed E-state index contributed by atoms with van der Waals surface area (Å²) in [6.45, 7) is 1.02. The average molecular weight is 223 g/mol. The first-order valence-electron chi connectivity index (χ1n) is 4.72. The average Bonchev–Trinajstić information content (AvgIpc) is 2.82. The van der Waals surface area contributed by atoms with Gasteiger partial charge in [-0.15, -0.1) is 0 Å². The molecule has 3 heterocycles. The summed E-state index contributed by atoms with van der Waals surface area (Å²) < 4.78 is 10.5. The number of anilines is 1. The molecule has 2 aromatic rings. The van der Waals surface area contributed by atoms with E-state index in [0.29, 0.717) is 19.0 Å². The number of fused-ring (bicyclic) bond motifs is 1. The van der Waals surface area contributed by atoms with Crippen LogP contribution in [-0.4, -0.2) is 33.1 Å². The van der Waals surface area contributed by atoms with Crippen LogP contribution >= 0.6 is 0 Å². The van der Waals surface area contributed by atoms with E-state index in [4.69, 9.17) is 15.2 Å². The number of nitrogens with zero attached hydrogens (tertiary/aromatic N) is 2. The highest BCUT2D eigenvalue weighted by molar-refractivity contribution is 5.70. The minimum atomic E-state index is -0.560. The Morgan fingerprint density at radius 1 is 1.25 bits per heavy atom. The first kappa shape index (κ1) is 9.31. The van der Waals surface area contributed by atoms with Crippen molar-refractivity contribution in [3.63, 3.8) is 0 Å². The number of hydrogen-bond donors (Lipinski definition) is 3. The van der Waals surface area contributed by atoms with Crippen molar-refractivity contribution < 1.29 is 9.47 Å². The normalized spacial score (nSPS) is 17.2. The van der Waals surface area contributed by atoms with Crippen molar-refractivity contribution in [1.82, 2.24) is 19.9 Å². The standard InChI is InChI=1S/C8H9N5O3/c9-8-12-4-3(6(14)13-8)10-5(11-4)7-15-1-2-16-7/h7H,1-2H2,(H4,9,10,11,12,13,14). The molecule has 0 unspecified atom stereocenters. The van der Waals surface area contributed by atoms with E-state index in [2.05, 4.69) is 19.9 Å². The van der Waals surface area contributed by atoms with Crippen molar-refractivity contribution in [1.29, 1.82) is 0 Å². The lowest BCUT2D eigenvalue weighted by Gasteiger charge is -2.02. The van der Waals surface area contributed by atoms with Gasteiger partial charge in [-0.3, -0.25) is 9.78 Å². The van der Waals surface area contributed by atoms with Crippen LogP contribution in [0.15, 0.2) is 4.79 Å². The molecule has 4 N–H and O–H groups in total. The molecule has 0 saturated carbocycles. The zero-order valence-electron chi connectivity index (χ0n) is 8.19. The Balaban J connectivity index is 2.15. The summed E-state index contributed by atoms with van der Waals surface area (Å²) in [5.74, 6) is 0.458. The summed E-state index contributed by atoms with van der Waals surface area (Å²) in [6.07, 6.45) is -0.560. The number of aromatic amines is 2. The summed E-state index contributed by atoms with van der Waals surface area (Å²) in [5.41, 5.74) is 5.57. The fourth-order valence-corrected chi connectivity index (χ4v) is 1.57. The Morgan fingerprint density at radius 3 is 2.75 bits per heavy atom. The lowest BCUT2D eigenvalue weighted by molar-refractivity contribution is -0.0499. The minimum Gasteiger partial charge on any atom is -0.369 e. The second-order valence-electron chi connectivity index (χ2n) is 3.35. The summed E-state index contributed by atoms with van der Waals surface area (Å²) in [6, 6.07) is 0. The molecule has 1 aliphatic rings. The van der Waals surface area contributed by atoms with Crippen LogP contribution in [0, 0.1) is 0 Å². The largest absolute Gasteiger partial charge is 0.369 e. The number of nitrogen functional groups attached to an aromatic ring is 1. The second-order valence-corrected chi connectivity index (χ2v) is 3.35. The van der Waals surface area contributed by atoms with Crippen LogP contribution in [0.5, 0.6) is 0 Å². The molecule has 0 spiro atoms. The summed E-state index contributed by atoms with van der Waals surface area (Å²) in [7, 11) is 0. The van der Waals surface area contributed by atoms with Crippen LogP contribution in [-0.2, 0) is 9.47 Å². The molecular weight excluding hydrogens is 214 g/mol. The first-order valence-corrected chi connectivity index (χ1v) is 4.72. The molecule has 0 aliphatic carbocycles. The van der Waals surface area contributed by atoms with Gasteiger partial charge in [0.2, 0.25) is 12.2 Å². The molecule has 2 aromatic heterocycles. The van der Waals surface area contributed by atoms with Gasteiger partial charge in [-0.1, -0.05) is 0 Å². The third-order valence-corrected chi connectivity index (χ3v) is 2.24. The van der Waals surface area contributed by atoms with Crippen LogP contribution < -0.4 is 11.3 Å². The molecule has 0 bridgehead atoms. The number of imidazole rings is 1. The van der Waals surface area contributed by atoms with Gasteiger partial charge in [0.25, 0.3) is 5.56 Å². The number of rotatable bonds is 1. The highest BCUT2D eigenvalue weighted by Crippen LogP contribution is 2.21. The molecular formula is C8H9N5O3. The van der Waals surface area contributed by atoms with E-state index < -0.39 is 6.29 Å². The molecule has 8 heteroatoms. The van der Waals surface area contributed by atoms with Crippen LogP contribution in [0.2, 0.25) is 0 Å². The Bertz CT molecular complexity index is 583. The number of ether oxygens (including phenoxy) is 2. The topological polar surface area (TPSA) is 119 Å². The third kappa shape index (κ3) is 1.35. The van der Waals surface area contributed by atoms with Gasteiger partial charge in [-0.2, -0.15) is 4.98 Å². The number of hydrogen-bond acceptors (Lipinski definition) is 6. The van der Waals surface area contributed by atoms with Crippen LogP contribution in [0.3, 0.4) is 0 Å². The van der Waals surface area contributed by atoms with E-state index in [9.17, 15) is 4.79 Å². The van der Waals surface area contributed by atoms with Gasteiger partial charge in [0.05, 0.1) is 13.2 Å². The van der Waals surface area contributed by atoms with E-state index >= 15 is 0 Å². The predicted octanol–water partition coefficient (Wildman–Crippen LogP) is -0.726. The van der Waals surface area contributed by atoms with Crippen LogP contribution in [0.4, 0.5) is 5.95 Å². The second kappa shape index (κ2) is 3.29. The fraction of sp³-hybridized carbons (Fsp3) is 0.375. The van der Waals surface area contributed by atoms with Crippen molar-refractivity contribution in [3.8, 4) is 0 Å². The van der Waals surface area contributed by atoms with Gasteiger partial charge in [0.1, 0.15) is 0 Å². The number of nitrogens with one attached hydrogen (secondary N) is 2. The van der Waals surface area contributed by atoms with Gasteiger partial charge in [-0.05, 0) is 0 Å². The molecule has 1 fully saturated rings. The highest BCUT2D eigenvalue weighted by atomic mass is 16.7. The fourth-order valence-electron chi connectivity index (χ4n) is 1.57. The maximum Gasteiger partial charge on any atom is 0.278 e. The molecule has 0 amide bonds. The lowest BCUT2D eigenvalue weighted by atomic mass is 10.5. The van der Waals surface area contributed by atoms with Gasteiger partial charge in [0.15, 0.2) is 17.0 Å². The number of aromatic nitrogens is 4. The maximum absolute atomic E-state index is 11.5. The Morgan fingerprint density at radius 2 is 2.00 bits per heavy atom. The van der Waals surface area contributed by atoms with Crippen LogP contribution in [0.1, 0.15) is 12.1 Å². The lowest BCUT2D eigenvalue weighted by Crippen LogP contribution is -2.11. The van der Waals surface area contributed by atoms with E-state index in [0.717, 1.165) is 0 Å². The zero-order valence-corrected chi connectivity index (χ0v) is 8.19. The van der Waals surface area contributed by atoms with Crippen molar-refractivity contribution in [2.45, 2.75) is 6.29 Å². The Hall–Kier alpha value is -1.93. The van der Waals surface area contributed by atoms with E-state index in [1.807, 2.05) is 0 Å². The molecule has 0 aromatic carbocycles. The molecule has 1 saturated heterocycles. The van der Waals surface area contributed by atoms with Gasteiger partial charge >= 0.3 is 0 Å². The molecule has 0 atom stereocenters. The maximum atomic E-state index is 11.5. The molecule has 8 nitrogen and oxygen atoms in total. The van der Waals surface area contributed by atoms with E-state index in [-0.39, 0.29) is 22.7 Å². The van der Waals surface area contributed by atoms with Gasteiger partial charge < -0.3 is 20.2 Å². The van der Waals surface area contributed by atoms with E-state index in [1.165, 1.54) is 0 Å². The Kier molecular flexibility index (Phi) is 1.91. The van der Waals surface area contributed by atoms with Gasteiger partial charge in [-0.25, -0.2) is 4.98 Å². The molecule has 84 valence electrons. The molecule has 1 aliphatic heterocycles. The monoisotopic (exact) mass is 223 g/mol. The van der Waals surface area contributed by atoms with Crippen molar-refractivity contribution in [3.05, 3.63) is 16.2 Å². The minimum absolute atomic E-state index is 0.0313. The molecule has 0 radical (unpaired) electrons. The highest BCUT2D eigenvalue weighted by Gasteiger charge is 2.22. The molecule has 3 rings (SSSR count). The quantitative estimate of drug-likeness (QED) is 0.586. The number of nitrogens with two attached hydrogens (primary N) is 1. The Labute approximate surface area is 88.8 Å². The third-order valence-electron chi connectivity index (χ3n) is 2.24. The predicted molar refractivity (Wildman–Crippen MR) is 53.6 cm³/mol. The summed E-state index contributed by atoms with van der Waals surface area (Å²) >= 11 is 0. The molecule has 16 heavy (non-hydrogen) atoms. The smallest absolute Gasteiger partial charge is 0.278 e. The first-order chi connectivity index (χ1) is 7.74. The van der Waals surface area contributed by atoms with Crippen LogP contribution in [0.25, 0.3) is 11.2 Å². The van der Waals surface area contributed by atoms with Gasteiger partial charge in [0, 0.05) is 0 Å². The SMILES string of the molecule is Nc1nc2nc(C3OCCO3)[nH]c2c(=O)[nH]1. The zero-order chi connectivity index (χ0) is 11.1. The van der Waals surface area contributed by atoms with Crippen molar-refractivity contribution in [2.24, 2.45) is 0 Å². The number of H-pyrrole nitrogens is 2. The summed E-state index contributed by atoms with van der Waals surface area (Å²) in [5, 5.41) is 0.